The van der Waals surface area contributed by atoms with Crippen LogP contribution >= 0.6 is 25.3 Å². The van der Waals surface area contributed by atoms with E-state index in [1.54, 1.807) is 0 Å². The monoisotopic (exact) mass is 341 g/mol. The largest absolute Gasteiger partial charge is 1.00 e. The Bertz CT molecular complexity index is 318. The molecule has 3 N–H and O–H groups in total. The normalized spacial score (nSPS) is 11.8. The maximum atomic E-state index is 10.4. The van der Waals surface area contributed by atoms with Crippen molar-refractivity contribution >= 4 is 41.3 Å². The minimum absolute atomic E-state index is 0. The number of carbonyl (C=O) groups is 1. The Hall–Kier alpha value is 1.08. The first-order valence-corrected chi connectivity index (χ1v) is 8.51. The predicted molar refractivity (Wildman–Crippen MR) is 82.1 cm³/mol. The van der Waals surface area contributed by atoms with E-state index < -0.39 is 10.1 Å². The summed E-state index contributed by atoms with van der Waals surface area (Å²) in [6, 6.07) is 0. The van der Waals surface area contributed by atoms with Gasteiger partial charge in [-0.25, -0.2) is 0 Å². The molecule has 9 heteroatoms. The van der Waals surface area contributed by atoms with E-state index in [1.807, 2.05) is 0 Å². The van der Waals surface area contributed by atoms with Crippen molar-refractivity contribution in [3.8, 4) is 0 Å². The third-order valence-electron chi connectivity index (χ3n) is 2.04. The van der Waals surface area contributed by atoms with Gasteiger partial charge in [0.05, 0.1) is 5.75 Å². The molecule has 0 saturated heterocycles. The molecule has 0 heterocycles. The van der Waals surface area contributed by atoms with Crippen LogP contribution in [0, 0.1) is 0 Å². The summed E-state index contributed by atoms with van der Waals surface area (Å²) in [6.07, 6.45) is 4.50. The third kappa shape index (κ3) is 28.1. The number of hydrogen-bond donors (Lipinski definition) is 4. The summed E-state index contributed by atoms with van der Waals surface area (Å²) in [5.74, 6) is 0.469. The molecule has 0 spiro atoms. The van der Waals surface area contributed by atoms with E-state index in [4.69, 9.17) is 10.3 Å². The Balaban J connectivity index is -0.000000139. The average Bonchev–Trinajstić information content (AvgIpc) is 2.24. The summed E-state index contributed by atoms with van der Waals surface area (Å²) in [7, 11) is -3.66. The molecule has 5 nitrogen and oxygen atoms in total. The molecule has 112 valence electrons. The number of carbonyl (C=O) groups excluding carboxylic acids is 1. The van der Waals surface area contributed by atoms with E-state index in [9.17, 15) is 13.2 Å². The summed E-state index contributed by atoms with van der Waals surface area (Å²) in [4.78, 5) is 10.4. The van der Waals surface area contributed by atoms with Gasteiger partial charge >= 0.3 is 29.6 Å². The van der Waals surface area contributed by atoms with Crippen LogP contribution in [0.4, 0.5) is 0 Å². The maximum Gasteiger partial charge on any atom is 1.00 e. The van der Waals surface area contributed by atoms with Gasteiger partial charge in [0.15, 0.2) is 0 Å². The predicted octanol–water partition coefficient (Wildman–Crippen LogP) is -1.34. The number of nitrogens with two attached hydrogens (primary N) is 1. The van der Waals surface area contributed by atoms with Gasteiger partial charge < -0.3 is 7.16 Å². The van der Waals surface area contributed by atoms with Gasteiger partial charge in [-0.15, -0.1) is 0 Å². The van der Waals surface area contributed by atoms with Gasteiger partial charge in [-0.1, -0.05) is 6.42 Å². The van der Waals surface area contributed by atoms with Crippen LogP contribution in [0.3, 0.4) is 0 Å². The van der Waals surface area contributed by atoms with Crippen molar-refractivity contribution in [3.63, 3.8) is 0 Å². The molecule has 0 aromatic heterocycles. The van der Waals surface area contributed by atoms with Crippen LogP contribution in [0.2, 0.25) is 0 Å². The molecule has 0 bridgehead atoms. The molecule has 19 heavy (non-hydrogen) atoms. The molecule has 0 aromatic rings. The zero-order chi connectivity index (χ0) is 14.6. The second-order valence-corrected chi connectivity index (χ2v) is 6.67. The van der Waals surface area contributed by atoms with E-state index in [1.165, 1.54) is 6.92 Å². The number of primary amides is 1. The molecule has 0 fully saturated rings. The van der Waals surface area contributed by atoms with Crippen LogP contribution in [-0.4, -0.2) is 35.6 Å². The average molecular weight is 341 g/mol. The van der Waals surface area contributed by atoms with Gasteiger partial charge in [-0.05, 0) is 31.9 Å². The smallest absolute Gasteiger partial charge is 1.00 e. The van der Waals surface area contributed by atoms with Crippen LogP contribution < -0.4 is 35.3 Å². The first-order chi connectivity index (χ1) is 8.22. The molecule has 0 aliphatic carbocycles. The third-order valence-corrected chi connectivity index (χ3v) is 3.54. The zero-order valence-corrected chi connectivity index (χ0v) is 16.2. The van der Waals surface area contributed by atoms with E-state index in [0.29, 0.717) is 11.7 Å². The number of unbranched alkanes of at least 4 members (excludes halogenated alkanes) is 1. The Morgan fingerprint density at radius 3 is 2.16 bits per heavy atom. The SMILES string of the molecule is CCS(=O)(=O)O.NC(=O)CCCCC(S)CCS.[H-].[Na+]. The standard InChI is InChI=1S/C8H17NOS2.C2H6O3S.Na.H/c9-8(10)4-2-1-3-7(12)5-6-11;1-2-6(3,4)5;;/h7,11-12H,1-6H2,(H2,9,10);2H2,1H3,(H,3,4,5);;/q;;+1;-1. The van der Waals surface area contributed by atoms with Crippen molar-refractivity contribution in [3.05, 3.63) is 0 Å². The van der Waals surface area contributed by atoms with Crippen LogP contribution in [0.1, 0.15) is 40.5 Å². The Kier molecular flexibility index (Phi) is 20.4. The Morgan fingerprint density at radius 1 is 1.37 bits per heavy atom. The van der Waals surface area contributed by atoms with E-state index in [-0.39, 0.29) is 42.6 Å². The van der Waals surface area contributed by atoms with E-state index >= 15 is 0 Å². The van der Waals surface area contributed by atoms with Crippen LogP contribution in [0.25, 0.3) is 0 Å². The van der Waals surface area contributed by atoms with Gasteiger partial charge in [-0.3, -0.25) is 9.35 Å². The number of amides is 1. The second kappa shape index (κ2) is 15.5. The fourth-order valence-electron chi connectivity index (χ4n) is 0.973. The van der Waals surface area contributed by atoms with Crippen molar-refractivity contribution < 1.29 is 48.7 Å². The van der Waals surface area contributed by atoms with Gasteiger partial charge in [0, 0.05) is 11.7 Å². The fraction of sp³-hybridized carbons (Fsp3) is 0.900. The first kappa shape index (κ1) is 25.1. The molecule has 0 rings (SSSR count). The summed E-state index contributed by atoms with van der Waals surface area (Å²) in [5.41, 5.74) is 5.00. The van der Waals surface area contributed by atoms with Crippen LogP contribution in [0.15, 0.2) is 0 Å². The van der Waals surface area contributed by atoms with Crippen LogP contribution in [0.5, 0.6) is 0 Å². The molecular weight excluding hydrogens is 317 g/mol. The topological polar surface area (TPSA) is 97.5 Å². The van der Waals surface area contributed by atoms with Gasteiger partial charge in [-0.2, -0.15) is 33.7 Å². The fourth-order valence-corrected chi connectivity index (χ4v) is 1.80. The zero-order valence-electron chi connectivity index (χ0n) is 12.6. The summed E-state index contributed by atoms with van der Waals surface area (Å²) in [6.45, 7) is 1.37. The van der Waals surface area contributed by atoms with Crippen molar-refractivity contribution in [2.45, 2.75) is 44.3 Å². The van der Waals surface area contributed by atoms with E-state index in [0.717, 1.165) is 31.4 Å². The second-order valence-electron chi connectivity index (χ2n) is 3.75. The molecule has 1 unspecified atom stereocenters. The minimum Gasteiger partial charge on any atom is -1.00 e. The molecule has 1 amide bonds. The molecule has 0 saturated carbocycles. The molecule has 0 aliphatic rings. The first-order valence-electron chi connectivity index (χ1n) is 5.75. The molecular formula is C10H24NNaO4S3. The summed E-state index contributed by atoms with van der Waals surface area (Å²) < 4.78 is 26.9. The summed E-state index contributed by atoms with van der Waals surface area (Å²) >= 11 is 8.48. The molecule has 0 aliphatic heterocycles. The van der Waals surface area contributed by atoms with Gasteiger partial charge in [0.2, 0.25) is 5.91 Å². The Morgan fingerprint density at radius 2 is 1.84 bits per heavy atom. The minimum atomic E-state index is -3.66. The van der Waals surface area contributed by atoms with Crippen molar-refractivity contribution in [1.29, 1.82) is 0 Å². The quantitative estimate of drug-likeness (QED) is 0.190. The van der Waals surface area contributed by atoms with Crippen molar-refractivity contribution in [1.82, 2.24) is 0 Å². The van der Waals surface area contributed by atoms with Crippen LogP contribution in [-0.2, 0) is 14.9 Å². The molecule has 1 atom stereocenters. The number of thiol groups is 2. The Labute approximate surface area is 150 Å². The number of rotatable bonds is 8. The molecule has 0 radical (unpaired) electrons. The van der Waals surface area contributed by atoms with Gasteiger partial charge in [0.25, 0.3) is 10.1 Å². The van der Waals surface area contributed by atoms with Crippen molar-refractivity contribution in [2.24, 2.45) is 5.73 Å². The maximum absolute atomic E-state index is 10.4. The van der Waals surface area contributed by atoms with Gasteiger partial charge in [0.1, 0.15) is 0 Å². The molecule has 0 aromatic carbocycles. The number of hydrogen-bond acceptors (Lipinski definition) is 5. The summed E-state index contributed by atoms with van der Waals surface area (Å²) in [5, 5.41) is 0.426. The van der Waals surface area contributed by atoms with E-state index in [2.05, 4.69) is 25.3 Å². The van der Waals surface area contributed by atoms with Crippen molar-refractivity contribution in [2.75, 3.05) is 11.5 Å².